The topological polar surface area (TPSA) is 32.8 Å². The molecule has 0 saturated carbocycles. The molecule has 0 amide bonds. The third-order valence-corrected chi connectivity index (χ3v) is 7.13. The van der Waals surface area contributed by atoms with Crippen LogP contribution in [0.5, 0.6) is 0 Å². The van der Waals surface area contributed by atoms with Gasteiger partial charge in [0.15, 0.2) is 0 Å². The lowest BCUT2D eigenvalue weighted by molar-refractivity contribution is -0.143. The maximum atomic E-state index is 11.6. The Labute approximate surface area is 135 Å². The predicted octanol–water partition coefficient (Wildman–Crippen LogP) is 2.52. The monoisotopic (exact) mass is 332 g/mol. The third-order valence-electron chi connectivity index (χ3n) is 3.85. The van der Waals surface area contributed by atoms with Gasteiger partial charge in [0.2, 0.25) is 0 Å². The molecule has 0 atom stereocenters. The number of carbonyl (C=O) groups excluding carboxylic acids is 1. The molecule has 0 N–H and O–H groups in total. The van der Waals surface area contributed by atoms with Crippen LogP contribution in [0.1, 0.15) is 19.8 Å². The lowest BCUT2D eigenvalue weighted by Crippen LogP contribution is -2.48. The van der Waals surface area contributed by atoms with Crippen molar-refractivity contribution in [3.05, 3.63) is 0 Å². The van der Waals surface area contributed by atoms with Crippen molar-refractivity contribution in [3.63, 3.8) is 0 Å². The average molecular weight is 333 g/mol. The molecule has 0 aromatic heterocycles. The van der Waals surface area contributed by atoms with Crippen molar-refractivity contribution in [1.82, 2.24) is 9.47 Å². The zero-order chi connectivity index (χ0) is 15.7. The molecule has 0 radical (unpaired) electrons. The molecule has 0 spiro atoms. The van der Waals surface area contributed by atoms with Gasteiger partial charge in [-0.15, -0.1) is 0 Å². The van der Waals surface area contributed by atoms with Crippen molar-refractivity contribution >= 4 is 26.0 Å². The molecule has 1 aliphatic heterocycles. The highest BCUT2D eigenvalue weighted by molar-refractivity contribution is 7.99. The second-order valence-corrected chi connectivity index (χ2v) is 12.7. The number of thioether (sulfide) groups is 1. The van der Waals surface area contributed by atoms with E-state index in [1.165, 1.54) is 37.6 Å². The molecule has 4 nitrogen and oxygen atoms in total. The molecule has 21 heavy (non-hydrogen) atoms. The quantitative estimate of drug-likeness (QED) is 0.478. The van der Waals surface area contributed by atoms with E-state index in [-0.39, 0.29) is 5.97 Å². The Bertz CT molecular complexity index is 305. The van der Waals surface area contributed by atoms with Gasteiger partial charge in [0.1, 0.15) is 8.24 Å². The number of hydrogen-bond acceptors (Lipinski definition) is 5. The van der Waals surface area contributed by atoms with Crippen molar-refractivity contribution in [2.75, 3.05) is 50.8 Å². The number of ether oxygens (including phenoxy) is 1. The molecular formula is C15H32N2O2SSi. The van der Waals surface area contributed by atoms with Crippen LogP contribution in [0.25, 0.3) is 0 Å². The molecule has 0 unspecified atom stereocenters. The number of esters is 1. The molecule has 124 valence electrons. The highest BCUT2D eigenvalue weighted by Gasteiger charge is 2.24. The largest absolute Gasteiger partial charge is 0.466 e. The fourth-order valence-corrected chi connectivity index (χ4v) is 5.14. The van der Waals surface area contributed by atoms with Gasteiger partial charge >= 0.3 is 5.97 Å². The summed E-state index contributed by atoms with van der Waals surface area (Å²) in [5.41, 5.74) is 0. The fourth-order valence-electron chi connectivity index (χ4n) is 2.55. The molecule has 1 fully saturated rings. The number of rotatable bonds is 9. The van der Waals surface area contributed by atoms with Gasteiger partial charge in [0.05, 0.1) is 13.0 Å². The summed E-state index contributed by atoms with van der Waals surface area (Å²) in [4.78, 5) is 14.1. The van der Waals surface area contributed by atoms with E-state index in [2.05, 4.69) is 40.9 Å². The van der Waals surface area contributed by atoms with Crippen molar-refractivity contribution in [3.8, 4) is 0 Å². The first-order chi connectivity index (χ1) is 9.93. The van der Waals surface area contributed by atoms with Gasteiger partial charge in [0.25, 0.3) is 0 Å². The molecule has 1 saturated heterocycles. The summed E-state index contributed by atoms with van der Waals surface area (Å²) in [6.07, 6.45) is 1.73. The van der Waals surface area contributed by atoms with Crippen molar-refractivity contribution in [2.45, 2.75) is 39.4 Å². The van der Waals surface area contributed by atoms with Gasteiger partial charge < -0.3 is 14.2 Å². The average Bonchev–Trinajstić information content (AvgIpc) is 2.42. The maximum Gasteiger partial charge on any atom is 0.307 e. The first-order valence-corrected chi connectivity index (χ1v) is 12.7. The predicted molar refractivity (Wildman–Crippen MR) is 94.6 cm³/mol. The third kappa shape index (κ3) is 8.23. The van der Waals surface area contributed by atoms with E-state index in [4.69, 9.17) is 4.74 Å². The Balaban J connectivity index is 2.30. The smallest absolute Gasteiger partial charge is 0.307 e. The first kappa shape index (κ1) is 19.0. The van der Waals surface area contributed by atoms with Crippen LogP contribution < -0.4 is 0 Å². The Hall–Kier alpha value is -0.0431. The Morgan fingerprint density at radius 1 is 1.24 bits per heavy atom. The van der Waals surface area contributed by atoms with Crippen LogP contribution >= 0.6 is 11.8 Å². The minimum absolute atomic E-state index is 0.0613. The van der Waals surface area contributed by atoms with Crippen LogP contribution in [0, 0.1) is 0 Å². The van der Waals surface area contributed by atoms with E-state index in [9.17, 15) is 4.79 Å². The summed E-state index contributed by atoms with van der Waals surface area (Å²) < 4.78 is 7.59. The minimum atomic E-state index is -1.36. The minimum Gasteiger partial charge on any atom is -0.466 e. The van der Waals surface area contributed by atoms with Crippen molar-refractivity contribution in [1.29, 1.82) is 0 Å². The summed E-state index contributed by atoms with van der Waals surface area (Å²) in [5, 5.41) is 0. The van der Waals surface area contributed by atoms with Crippen LogP contribution in [0.2, 0.25) is 19.6 Å². The van der Waals surface area contributed by atoms with Gasteiger partial charge in [0, 0.05) is 31.1 Å². The van der Waals surface area contributed by atoms with Crippen LogP contribution in [0.3, 0.4) is 0 Å². The van der Waals surface area contributed by atoms with Gasteiger partial charge in [-0.05, 0) is 26.4 Å². The van der Waals surface area contributed by atoms with E-state index in [1.807, 2.05) is 6.92 Å². The molecule has 0 aliphatic carbocycles. The fraction of sp³-hybridized carbons (Fsp3) is 0.933. The first-order valence-electron chi connectivity index (χ1n) is 8.14. The normalized spacial score (nSPS) is 17.2. The van der Waals surface area contributed by atoms with Crippen LogP contribution in [0.15, 0.2) is 0 Å². The highest BCUT2D eigenvalue weighted by atomic mass is 32.2. The lowest BCUT2D eigenvalue weighted by Gasteiger charge is -2.35. The zero-order valence-corrected chi connectivity index (χ0v) is 16.0. The Morgan fingerprint density at radius 3 is 2.48 bits per heavy atom. The molecule has 0 bridgehead atoms. The second kappa shape index (κ2) is 9.87. The number of carbonyl (C=O) groups is 1. The second-order valence-electron chi connectivity index (χ2n) is 6.52. The Morgan fingerprint density at radius 2 is 1.90 bits per heavy atom. The van der Waals surface area contributed by atoms with E-state index >= 15 is 0 Å². The van der Waals surface area contributed by atoms with Crippen molar-refractivity contribution in [2.24, 2.45) is 0 Å². The summed E-state index contributed by atoms with van der Waals surface area (Å²) in [7, 11) is -1.36. The Kier molecular flexibility index (Phi) is 8.93. The summed E-state index contributed by atoms with van der Waals surface area (Å²) in [5.74, 6) is 2.50. The van der Waals surface area contributed by atoms with Gasteiger partial charge in [-0.25, -0.2) is 0 Å². The molecule has 6 heteroatoms. The summed E-state index contributed by atoms with van der Waals surface area (Å²) >= 11 is 2.06. The van der Waals surface area contributed by atoms with Gasteiger partial charge in [-0.2, -0.15) is 11.8 Å². The standard InChI is InChI=1S/C15H32N2O2SSi/c1-5-19-15(18)7-10-17(21(2,3)4)9-6-8-16-11-13-20-14-12-16/h5-14H2,1-4H3. The molecule has 1 heterocycles. The van der Waals surface area contributed by atoms with Crippen LogP contribution in [0.4, 0.5) is 0 Å². The maximum absolute atomic E-state index is 11.6. The molecule has 0 aromatic carbocycles. The number of nitrogens with zero attached hydrogens (tertiary/aromatic N) is 2. The van der Waals surface area contributed by atoms with E-state index in [0.717, 1.165) is 13.1 Å². The van der Waals surface area contributed by atoms with Crippen LogP contribution in [-0.2, 0) is 9.53 Å². The van der Waals surface area contributed by atoms with Crippen molar-refractivity contribution < 1.29 is 9.53 Å². The zero-order valence-electron chi connectivity index (χ0n) is 14.2. The summed E-state index contributed by atoms with van der Waals surface area (Å²) in [6.45, 7) is 15.1. The van der Waals surface area contributed by atoms with E-state index in [1.54, 1.807) is 0 Å². The molecule has 1 aliphatic rings. The van der Waals surface area contributed by atoms with E-state index < -0.39 is 8.24 Å². The van der Waals surface area contributed by atoms with E-state index in [0.29, 0.717) is 13.0 Å². The highest BCUT2D eigenvalue weighted by Crippen LogP contribution is 2.13. The molecule has 0 aromatic rings. The van der Waals surface area contributed by atoms with Gasteiger partial charge in [-0.3, -0.25) is 4.79 Å². The molecule has 1 rings (SSSR count). The lowest BCUT2D eigenvalue weighted by atomic mass is 10.3. The summed E-state index contributed by atoms with van der Waals surface area (Å²) in [6, 6.07) is 0. The van der Waals surface area contributed by atoms with Gasteiger partial charge in [-0.1, -0.05) is 19.6 Å². The number of hydrogen-bond donors (Lipinski definition) is 0. The molecular weight excluding hydrogens is 300 g/mol. The SMILES string of the molecule is CCOC(=O)CCN(CCCN1CCSCC1)[Si](C)(C)C. The van der Waals surface area contributed by atoms with Crippen LogP contribution in [-0.4, -0.2) is 74.5 Å².